The third kappa shape index (κ3) is 5.76. The zero-order valence-corrected chi connectivity index (χ0v) is 9.27. The fourth-order valence-electron chi connectivity index (χ4n) is 0.977. The summed E-state index contributed by atoms with van der Waals surface area (Å²) in [7, 11) is 0. The molecule has 0 aliphatic rings. The Labute approximate surface area is 84.0 Å². The van der Waals surface area contributed by atoms with Crippen LogP contribution in [0.5, 0.6) is 0 Å². The first-order valence-corrected chi connectivity index (χ1v) is 5.73. The minimum absolute atomic E-state index is 0.0677. The Morgan fingerprint density at radius 3 is 2.69 bits per heavy atom. The van der Waals surface area contributed by atoms with Gasteiger partial charge in [0.05, 0.1) is 6.04 Å². The zero-order valence-electron chi connectivity index (χ0n) is 8.45. The molecular formula is C8H19N3OS. The second-order valence-electron chi connectivity index (χ2n) is 3.10. The standard InChI is InChI=1S/C8H19N3OS/c1-6(4-5-13-3)10-7(2)8(9)11-12/h6-7,10,12H,4-5H2,1-3H3,(H2,9,11). The van der Waals surface area contributed by atoms with E-state index in [1.54, 1.807) is 0 Å². The minimum atomic E-state index is -0.0677. The Kier molecular flexibility index (Phi) is 6.80. The van der Waals surface area contributed by atoms with Crippen LogP contribution in [-0.4, -0.2) is 35.1 Å². The lowest BCUT2D eigenvalue weighted by molar-refractivity contribution is 0.314. The fraction of sp³-hybridized carbons (Fsp3) is 0.875. The van der Waals surface area contributed by atoms with E-state index in [9.17, 15) is 0 Å². The molecule has 0 aromatic rings. The van der Waals surface area contributed by atoms with E-state index in [0.717, 1.165) is 12.2 Å². The molecule has 0 saturated carbocycles. The lowest BCUT2D eigenvalue weighted by atomic mass is 10.2. The van der Waals surface area contributed by atoms with Crippen molar-refractivity contribution in [1.82, 2.24) is 5.32 Å². The second-order valence-corrected chi connectivity index (χ2v) is 4.08. The molecule has 5 heteroatoms. The van der Waals surface area contributed by atoms with Gasteiger partial charge >= 0.3 is 0 Å². The monoisotopic (exact) mass is 205 g/mol. The Bertz CT molecular complexity index is 163. The van der Waals surface area contributed by atoms with Gasteiger partial charge in [0, 0.05) is 6.04 Å². The lowest BCUT2D eigenvalue weighted by Crippen LogP contribution is -2.43. The largest absolute Gasteiger partial charge is 0.409 e. The maximum absolute atomic E-state index is 8.41. The van der Waals surface area contributed by atoms with Crippen LogP contribution in [0.25, 0.3) is 0 Å². The van der Waals surface area contributed by atoms with Crippen molar-refractivity contribution >= 4 is 17.6 Å². The van der Waals surface area contributed by atoms with Crippen molar-refractivity contribution in [2.24, 2.45) is 10.9 Å². The summed E-state index contributed by atoms with van der Waals surface area (Å²) in [6.07, 6.45) is 3.17. The molecule has 0 aromatic carbocycles. The number of nitrogens with two attached hydrogens (primary N) is 1. The molecule has 0 rings (SSSR count). The number of hydrogen-bond donors (Lipinski definition) is 3. The number of hydrogen-bond acceptors (Lipinski definition) is 4. The van der Waals surface area contributed by atoms with Crippen molar-refractivity contribution in [3.63, 3.8) is 0 Å². The van der Waals surface area contributed by atoms with Gasteiger partial charge in [-0.3, -0.25) is 0 Å². The van der Waals surface area contributed by atoms with Gasteiger partial charge < -0.3 is 16.3 Å². The maximum Gasteiger partial charge on any atom is 0.156 e. The van der Waals surface area contributed by atoms with Gasteiger partial charge in [-0.2, -0.15) is 11.8 Å². The summed E-state index contributed by atoms with van der Waals surface area (Å²) >= 11 is 1.82. The summed E-state index contributed by atoms with van der Waals surface area (Å²) in [6.45, 7) is 3.97. The molecule has 4 nitrogen and oxygen atoms in total. The Morgan fingerprint density at radius 2 is 2.23 bits per heavy atom. The van der Waals surface area contributed by atoms with Crippen LogP contribution < -0.4 is 11.1 Å². The minimum Gasteiger partial charge on any atom is -0.409 e. The molecule has 0 heterocycles. The third-order valence-corrected chi connectivity index (χ3v) is 2.49. The van der Waals surface area contributed by atoms with Crippen molar-refractivity contribution in [1.29, 1.82) is 0 Å². The maximum atomic E-state index is 8.41. The van der Waals surface area contributed by atoms with E-state index in [1.807, 2.05) is 18.7 Å². The molecule has 0 amide bonds. The molecule has 0 saturated heterocycles. The summed E-state index contributed by atoms with van der Waals surface area (Å²) in [5.74, 6) is 1.35. The van der Waals surface area contributed by atoms with Gasteiger partial charge in [-0.15, -0.1) is 0 Å². The van der Waals surface area contributed by atoms with E-state index in [-0.39, 0.29) is 11.9 Å². The van der Waals surface area contributed by atoms with Crippen LogP contribution in [0.15, 0.2) is 5.16 Å². The molecule has 0 fully saturated rings. The Balaban J connectivity index is 3.71. The number of oxime groups is 1. The number of rotatable bonds is 6. The van der Waals surface area contributed by atoms with Crippen LogP contribution in [0.4, 0.5) is 0 Å². The molecule has 2 atom stereocenters. The Hall–Kier alpha value is -0.420. The highest BCUT2D eigenvalue weighted by atomic mass is 32.2. The number of thioether (sulfide) groups is 1. The third-order valence-electron chi connectivity index (χ3n) is 1.85. The van der Waals surface area contributed by atoms with E-state index < -0.39 is 0 Å². The van der Waals surface area contributed by atoms with Crippen molar-refractivity contribution in [3.8, 4) is 0 Å². The number of nitrogens with one attached hydrogen (secondary N) is 1. The molecule has 2 unspecified atom stereocenters. The van der Waals surface area contributed by atoms with E-state index in [2.05, 4.69) is 23.7 Å². The van der Waals surface area contributed by atoms with Gasteiger partial charge in [-0.25, -0.2) is 0 Å². The van der Waals surface area contributed by atoms with Crippen LogP contribution in [0.2, 0.25) is 0 Å². The summed E-state index contributed by atoms with van der Waals surface area (Å²) in [5.41, 5.74) is 5.43. The van der Waals surface area contributed by atoms with Crippen LogP contribution >= 0.6 is 11.8 Å². The second kappa shape index (κ2) is 7.03. The summed E-state index contributed by atoms with van der Waals surface area (Å²) in [4.78, 5) is 0. The van der Waals surface area contributed by atoms with Gasteiger partial charge in [0.2, 0.25) is 0 Å². The molecule has 4 N–H and O–H groups in total. The fourth-order valence-corrected chi connectivity index (χ4v) is 1.57. The van der Waals surface area contributed by atoms with E-state index in [4.69, 9.17) is 10.9 Å². The van der Waals surface area contributed by atoms with Gasteiger partial charge in [-0.1, -0.05) is 5.16 Å². The van der Waals surface area contributed by atoms with Crippen molar-refractivity contribution in [2.75, 3.05) is 12.0 Å². The molecule has 78 valence electrons. The van der Waals surface area contributed by atoms with Gasteiger partial charge in [0.15, 0.2) is 5.84 Å². The SMILES string of the molecule is CSCCC(C)NC(C)C(N)=NO. The summed E-state index contributed by atoms with van der Waals surface area (Å²) in [6, 6.07) is 0.324. The zero-order chi connectivity index (χ0) is 10.3. The van der Waals surface area contributed by atoms with Crippen LogP contribution in [0.3, 0.4) is 0 Å². The van der Waals surface area contributed by atoms with Crippen LogP contribution in [0, 0.1) is 0 Å². The van der Waals surface area contributed by atoms with E-state index in [0.29, 0.717) is 6.04 Å². The van der Waals surface area contributed by atoms with E-state index >= 15 is 0 Å². The molecule has 0 radical (unpaired) electrons. The summed E-state index contributed by atoms with van der Waals surface area (Å²) in [5, 5.41) is 14.6. The molecule has 0 aromatic heterocycles. The Morgan fingerprint density at radius 1 is 1.62 bits per heavy atom. The van der Waals surface area contributed by atoms with Gasteiger partial charge in [0.1, 0.15) is 0 Å². The topological polar surface area (TPSA) is 70.6 Å². The van der Waals surface area contributed by atoms with Crippen LogP contribution in [0.1, 0.15) is 20.3 Å². The van der Waals surface area contributed by atoms with Crippen LogP contribution in [-0.2, 0) is 0 Å². The first kappa shape index (κ1) is 12.6. The molecule has 0 spiro atoms. The van der Waals surface area contributed by atoms with Crippen molar-refractivity contribution in [2.45, 2.75) is 32.4 Å². The predicted molar refractivity (Wildman–Crippen MR) is 58.5 cm³/mol. The van der Waals surface area contributed by atoms with Crippen molar-refractivity contribution in [3.05, 3.63) is 0 Å². The highest BCUT2D eigenvalue weighted by Crippen LogP contribution is 2.00. The first-order chi connectivity index (χ1) is 6.11. The number of amidine groups is 1. The van der Waals surface area contributed by atoms with Gasteiger partial charge in [-0.05, 0) is 32.3 Å². The predicted octanol–water partition coefficient (Wildman–Crippen LogP) is 0.853. The number of nitrogens with zero attached hydrogens (tertiary/aromatic N) is 1. The highest BCUT2D eigenvalue weighted by Gasteiger charge is 2.10. The quantitative estimate of drug-likeness (QED) is 0.260. The summed E-state index contributed by atoms with van der Waals surface area (Å²) < 4.78 is 0. The molecule has 0 aliphatic heterocycles. The smallest absolute Gasteiger partial charge is 0.156 e. The normalized spacial score (nSPS) is 17.0. The first-order valence-electron chi connectivity index (χ1n) is 4.34. The molecule has 0 aliphatic carbocycles. The molecule has 13 heavy (non-hydrogen) atoms. The highest BCUT2D eigenvalue weighted by molar-refractivity contribution is 7.98. The lowest BCUT2D eigenvalue weighted by Gasteiger charge is -2.18. The van der Waals surface area contributed by atoms with Gasteiger partial charge in [0.25, 0.3) is 0 Å². The average molecular weight is 205 g/mol. The van der Waals surface area contributed by atoms with Crippen molar-refractivity contribution < 1.29 is 5.21 Å². The average Bonchev–Trinajstić information content (AvgIpc) is 2.13. The molecular weight excluding hydrogens is 186 g/mol. The molecule has 0 bridgehead atoms. The van der Waals surface area contributed by atoms with E-state index in [1.165, 1.54) is 0 Å².